The topological polar surface area (TPSA) is 125 Å². The van der Waals surface area contributed by atoms with Crippen LogP contribution in [0.4, 0.5) is 11.4 Å². The predicted molar refractivity (Wildman–Crippen MR) is 71.1 cm³/mol. The van der Waals surface area contributed by atoms with E-state index in [1.165, 1.54) is 12.1 Å². The molecule has 8 nitrogen and oxygen atoms in total. The molecule has 3 N–H and O–H groups in total. The van der Waals surface area contributed by atoms with E-state index in [9.17, 15) is 19.7 Å². The summed E-state index contributed by atoms with van der Waals surface area (Å²) in [6.45, 7) is 3.38. The second kappa shape index (κ2) is 6.62. The van der Waals surface area contributed by atoms with Crippen LogP contribution in [0.5, 0.6) is 0 Å². The summed E-state index contributed by atoms with van der Waals surface area (Å²) < 4.78 is 4.61. The van der Waals surface area contributed by atoms with Crippen molar-refractivity contribution in [2.45, 2.75) is 19.9 Å². The number of nitrogens with one attached hydrogen (secondary N) is 1. The van der Waals surface area contributed by atoms with Gasteiger partial charge in [0.25, 0.3) is 11.6 Å². The first-order valence-electron chi connectivity index (χ1n) is 5.85. The zero-order valence-corrected chi connectivity index (χ0v) is 11.1. The molecule has 0 aliphatic carbocycles. The standard InChI is InChI=1S/C12H15N3O5/c1-3-20-12(17)10(13)11(16)14-8-6-7(2)4-5-9(8)15(18)19/h4-6,10H,3,13H2,1-2H3,(H,14,16). The van der Waals surface area contributed by atoms with E-state index >= 15 is 0 Å². The van der Waals surface area contributed by atoms with Crippen molar-refractivity contribution in [1.29, 1.82) is 0 Å². The largest absolute Gasteiger partial charge is 0.464 e. The van der Waals surface area contributed by atoms with E-state index in [4.69, 9.17) is 5.73 Å². The number of nitro groups is 1. The Hall–Kier alpha value is -2.48. The van der Waals surface area contributed by atoms with E-state index in [1.807, 2.05) is 0 Å². The third-order valence-corrected chi connectivity index (χ3v) is 2.43. The van der Waals surface area contributed by atoms with E-state index in [0.29, 0.717) is 0 Å². The normalized spacial score (nSPS) is 11.6. The van der Waals surface area contributed by atoms with E-state index in [1.54, 1.807) is 19.9 Å². The minimum atomic E-state index is -1.53. The van der Waals surface area contributed by atoms with Crippen LogP contribution in [0.2, 0.25) is 0 Å². The third-order valence-electron chi connectivity index (χ3n) is 2.43. The van der Waals surface area contributed by atoms with Crippen LogP contribution in [0.25, 0.3) is 0 Å². The van der Waals surface area contributed by atoms with Crippen LogP contribution in [-0.4, -0.2) is 29.4 Å². The Morgan fingerprint density at radius 2 is 2.15 bits per heavy atom. The lowest BCUT2D eigenvalue weighted by atomic mass is 10.2. The molecule has 1 atom stereocenters. The summed E-state index contributed by atoms with van der Waals surface area (Å²) in [6, 6.07) is 2.70. The second-order valence-electron chi connectivity index (χ2n) is 4.00. The fourth-order valence-corrected chi connectivity index (χ4v) is 1.46. The molecule has 0 heterocycles. The molecule has 1 amide bonds. The maximum atomic E-state index is 11.8. The lowest BCUT2D eigenvalue weighted by Gasteiger charge is -2.11. The molecule has 108 valence electrons. The Morgan fingerprint density at radius 3 is 2.70 bits per heavy atom. The van der Waals surface area contributed by atoms with Crippen molar-refractivity contribution in [1.82, 2.24) is 0 Å². The molecular weight excluding hydrogens is 266 g/mol. The maximum Gasteiger partial charge on any atom is 0.332 e. The number of aryl methyl sites for hydroxylation is 1. The van der Waals surface area contributed by atoms with E-state index < -0.39 is 22.8 Å². The number of hydrogen-bond donors (Lipinski definition) is 2. The van der Waals surface area contributed by atoms with Gasteiger partial charge in [-0.3, -0.25) is 14.9 Å². The SMILES string of the molecule is CCOC(=O)C(N)C(=O)Nc1cc(C)ccc1[N+](=O)[O-]. The van der Waals surface area contributed by atoms with Crippen molar-refractivity contribution in [3.63, 3.8) is 0 Å². The van der Waals surface area contributed by atoms with Gasteiger partial charge in [-0.25, -0.2) is 4.79 Å². The summed E-state index contributed by atoms with van der Waals surface area (Å²) in [4.78, 5) is 33.3. The quantitative estimate of drug-likeness (QED) is 0.355. The predicted octanol–water partition coefficient (Wildman–Crippen LogP) is 0.732. The van der Waals surface area contributed by atoms with Gasteiger partial charge in [-0.1, -0.05) is 6.07 Å². The van der Waals surface area contributed by atoms with Crippen molar-refractivity contribution in [3.05, 3.63) is 33.9 Å². The summed E-state index contributed by atoms with van der Waals surface area (Å²) in [6.07, 6.45) is 0. The minimum absolute atomic E-state index is 0.0141. The number of hydrogen-bond acceptors (Lipinski definition) is 6. The molecule has 20 heavy (non-hydrogen) atoms. The second-order valence-corrected chi connectivity index (χ2v) is 4.00. The Labute approximate surface area is 115 Å². The number of amides is 1. The molecule has 0 bridgehead atoms. The maximum absolute atomic E-state index is 11.8. The molecule has 0 saturated heterocycles. The van der Waals surface area contributed by atoms with E-state index in [2.05, 4.69) is 10.1 Å². The van der Waals surface area contributed by atoms with Gasteiger partial charge in [0.15, 0.2) is 6.04 Å². The molecule has 0 spiro atoms. The van der Waals surface area contributed by atoms with Crippen molar-refractivity contribution in [2.75, 3.05) is 11.9 Å². The summed E-state index contributed by atoms with van der Waals surface area (Å²) >= 11 is 0. The molecule has 0 saturated carbocycles. The summed E-state index contributed by atoms with van der Waals surface area (Å²) in [5.74, 6) is -1.75. The summed E-state index contributed by atoms with van der Waals surface area (Å²) in [5.41, 5.74) is 5.83. The molecule has 8 heteroatoms. The summed E-state index contributed by atoms with van der Waals surface area (Å²) in [7, 11) is 0. The number of nitro benzene ring substituents is 1. The zero-order valence-electron chi connectivity index (χ0n) is 11.1. The minimum Gasteiger partial charge on any atom is -0.464 e. The number of benzene rings is 1. The van der Waals surface area contributed by atoms with Gasteiger partial charge in [0, 0.05) is 6.07 Å². The number of nitrogens with zero attached hydrogens (tertiary/aromatic N) is 1. The number of nitrogens with two attached hydrogens (primary N) is 1. The molecule has 0 radical (unpaired) electrons. The van der Waals surface area contributed by atoms with Crippen LogP contribution in [-0.2, 0) is 14.3 Å². The fourth-order valence-electron chi connectivity index (χ4n) is 1.46. The average molecular weight is 281 g/mol. The molecule has 0 aliphatic heterocycles. The van der Waals surface area contributed by atoms with Gasteiger partial charge in [-0.15, -0.1) is 0 Å². The van der Waals surface area contributed by atoms with Crippen LogP contribution in [0, 0.1) is 17.0 Å². The average Bonchev–Trinajstić information content (AvgIpc) is 2.37. The molecule has 1 aromatic carbocycles. The van der Waals surface area contributed by atoms with Crippen molar-refractivity contribution in [2.24, 2.45) is 5.73 Å². The van der Waals surface area contributed by atoms with E-state index in [0.717, 1.165) is 5.56 Å². The molecule has 0 aromatic heterocycles. The van der Waals surface area contributed by atoms with Gasteiger partial charge >= 0.3 is 5.97 Å². The fraction of sp³-hybridized carbons (Fsp3) is 0.333. The van der Waals surface area contributed by atoms with Crippen molar-refractivity contribution in [3.8, 4) is 0 Å². The first-order valence-corrected chi connectivity index (χ1v) is 5.85. The lowest BCUT2D eigenvalue weighted by molar-refractivity contribution is -0.383. The van der Waals surface area contributed by atoms with Gasteiger partial charge in [0.1, 0.15) is 5.69 Å². The first kappa shape index (κ1) is 15.6. The Kier molecular flexibility index (Phi) is 5.15. The number of rotatable bonds is 5. The van der Waals surface area contributed by atoms with Crippen LogP contribution < -0.4 is 11.1 Å². The third kappa shape index (κ3) is 3.75. The van der Waals surface area contributed by atoms with Gasteiger partial charge in [0.05, 0.1) is 11.5 Å². The van der Waals surface area contributed by atoms with Crippen LogP contribution in [0.3, 0.4) is 0 Å². The number of carbonyl (C=O) groups is 2. The smallest absolute Gasteiger partial charge is 0.332 e. The lowest BCUT2D eigenvalue weighted by Crippen LogP contribution is -2.43. The number of anilines is 1. The Bertz CT molecular complexity index is 544. The highest BCUT2D eigenvalue weighted by atomic mass is 16.6. The number of carbonyl (C=O) groups excluding carboxylic acids is 2. The van der Waals surface area contributed by atoms with Crippen molar-refractivity contribution < 1.29 is 19.2 Å². The molecule has 0 aliphatic rings. The first-order chi connectivity index (χ1) is 9.36. The highest BCUT2D eigenvalue weighted by molar-refractivity contribution is 6.08. The molecular formula is C12H15N3O5. The van der Waals surface area contributed by atoms with E-state index in [-0.39, 0.29) is 18.0 Å². The molecule has 0 fully saturated rings. The molecule has 1 aromatic rings. The molecule has 1 unspecified atom stereocenters. The van der Waals surface area contributed by atoms with Gasteiger partial charge < -0.3 is 15.8 Å². The number of ether oxygens (including phenoxy) is 1. The monoisotopic (exact) mass is 281 g/mol. The van der Waals surface area contributed by atoms with Crippen LogP contribution >= 0.6 is 0 Å². The Morgan fingerprint density at radius 1 is 1.50 bits per heavy atom. The zero-order chi connectivity index (χ0) is 15.3. The van der Waals surface area contributed by atoms with Crippen LogP contribution in [0.1, 0.15) is 12.5 Å². The Balaban J connectivity index is 2.92. The van der Waals surface area contributed by atoms with Gasteiger partial charge in [-0.2, -0.15) is 0 Å². The highest BCUT2D eigenvalue weighted by Gasteiger charge is 2.25. The summed E-state index contributed by atoms with van der Waals surface area (Å²) in [5, 5.41) is 13.1. The van der Waals surface area contributed by atoms with Gasteiger partial charge in [-0.05, 0) is 25.5 Å². The highest BCUT2D eigenvalue weighted by Crippen LogP contribution is 2.25. The number of esters is 1. The molecule has 1 rings (SSSR count). The van der Waals surface area contributed by atoms with Gasteiger partial charge in [0.2, 0.25) is 0 Å². The van der Waals surface area contributed by atoms with Crippen molar-refractivity contribution >= 4 is 23.3 Å². The van der Waals surface area contributed by atoms with Crippen LogP contribution in [0.15, 0.2) is 18.2 Å².